The van der Waals surface area contributed by atoms with Gasteiger partial charge >= 0.3 is 0 Å². The Bertz CT molecular complexity index is 739. The first kappa shape index (κ1) is 18.6. The van der Waals surface area contributed by atoms with Crippen molar-refractivity contribution in [2.75, 3.05) is 6.54 Å². The van der Waals surface area contributed by atoms with E-state index in [4.69, 9.17) is 0 Å². The lowest BCUT2D eigenvalue weighted by molar-refractivity contribution is -0.134. The van der Waals surface area contributed by atoms with Crippen molar-refractivity contribution in [2.24, 2.45) is 5.92 Å². The van der Waals surface area contributed by atoms with Gasteiger partial charge in [0.1, 0.15) is 0 Å². The number of nitrogens with one attached hydrogen (secondary N) is 1. The zero-order chi connectivity index (χ0) is 18.5. The van der Waals surface area contributed by atoms with Gasteiger partial charge in [-0.15, -0.1) is 11.3 Å². The van der Waals surface area contributed by atoms with Crippen LogP contribution in [0.1, 0.15) is 49.7 Å². The van der Waals surface area contributed by atoms with E-state index in [0.29, 0.717) is 38.4 Å². The molecule has 0 saturated heterocycles. The summed E-state index contributed by atoms with van der Waals surface area (Å²) in [5.74, 6) is 0.657. The molecular formula is C19H26N4O2S. The van der Waals surface area contributed by atoms with E-state index in [2.05, 4.69) is 24.3 Å². The average molecular weight is 375 g/mol. The maximum Gasteiger partial charge on any atom is 0.223 e. The second-order valence-corrected chi connectivity index (χ2v) is 8.22. The summed E-state index contributed by atoms with van der Waals surface area (Å²) in [6.07, 6.45) is 3.52. The van der Waals surface area contributed by atoms with Crippen molar-refractivity contribution >= 4 is 23.2 Å². The summed E-state index contributed by atoms with van der Waals surface area (Å²) in [6.45, 7) is 5.91. The number of fused-ring (bicyclic) bond motifs is 1. The van der Waals surface area contributed by atoms with Crippen molar-refractivity contribution in [1.29, 1.82) is 0 Å². The van der Waals surface area contributed by atoms with E-state index in [9.17, 15) is 9.59 Å². The van der Waals surface area contributed by atoms with Crippen molar-refractivity contribution in [3.8, 4) is 0 Å². The highest BCUT2D eigenvalue weighted by atomic mass is 32.1. The summed E-state index contributed by atoms with van der Waals surface area (Å²) in [6, 6.07) is 5.80. The van der Waals surface area contributed by atoms with Crippen LogP contribution in [-0.4, -0.2) is 33.0 Å². The lowest BCUT2D eigenvalue weighted by atomic mass is 10.1. The van der Waals surface area contributed by atoms with Crippen molar-refractivity contribution in [3.05, 3.63) is 40.3 Å². The van der Waals surface area contributed by atoms with Crippen molar-refractivity contribution in [1.82, 2.24) is 20.0 Å². The fraction of sp³-hybridized carbons (Fsp3) is 0.526. The SMILES string of the molecule is CC(C)CCC(=O)N1Cc2ccnn2C(CC(=O)NCc2cccs2)C1. The molecule has 3 heterocycles. The predicted molar refractivity (Wildman–Crippen MR) is 102 cm³/mol. The molecule has 2 aromatic rings. The molecule has 7 heteroatoms. The minimum Gasteiger partial charge on any atom is -0.351 e. The molecule has 0 bridgehead atoms. The normalized spacial score (nSPS) is 16.6. The molecule has 0 aromatic carbocycles. The first-order chi connectivity index (χ1) is 12.5. The van der Waals surface area contributed by atoms with Gasteiger partial charge in [-0.3, -0.25) is 14.3 Å². The van der Waals surface area contributed by atoms with Gasteiger partial charge in [-0.1, -0.05) is 19.9 Å². The third-order valence-electron chi connectivity index (χ3n) is 4.63. The Balaban J connectivity index is 1.60. The Hall–Kier alpha value is -2.15. The molecular weight excluding hydrogens is 348 g/mol. The molecule has 1 atom stereocenters. The predicted octanol–water partition coefficient (Wildman–Crippen LogP) is 2.97. The highest BCUT2D eigenvalue weighted by Crippen LogP contribution is 2.24. The summed E-state index contributed by atoms with van der Waals surface area (Å²) in [4.78, 5) is 27.9. The highest BCUT2D eigenvalue weighted by Gasteiger charge is 2.29. The third-order valence-corrected chi connectivity index (χ3v) is 5.51. The summed E-state index contributed by atoms with van der Waals surface area (Å²) in [7, 11) is 0. The van der Waals surface area contributed by atoms with E-state index in [-0.39, 0.29) is 17.9 Å². The standard InChI is InChI=1S/C19H26N4O2S/c1-14(2)5-6-19(25)22-12-15-7-8-21-23(15)16(13-22)10-18(24)20-11-17-4-3-9-26-17/h3-4,7-9,14,16H,5-6,10-13H2,1-2H3,(H,20,24). The third kappa shape index (κ3) is 4.72. The van der Waals surface area contributed by atoms with E-state index in [1.807, 2.05) is 33.2 Å². The number of nitrogens with zero attached hydrogens (tertiary/aromatic N) is 3. The second kappa shape index (κ2) is 8.49. The van der Waals surface area contributed by atoms with E-state index in [1.54, 1.807) is 17.5 Å². The summed E-state index contributed by atoms with van der Waals surface area (Å²) in [5, 5.41) is 9.34. The van der Waals surface area contributed by atoms with Crippen LogP contribution in [0.2, 0.25) is 0 Å². The molecule has 140 valence electrons. The van der Waals surface area contributed by atoms with E-state index < -0.39 is 0 Å². The fourth-order valence-electron chi connectivity index (χ4n) is 3.18. The number of carbonyl (C=O) groups excluding carboxylic acids is 2. The zero-order valence-electron chi connectivity index (χ0n) is 15.4. The van der Waals surface area contributed by atoms with Gasteiger partial charge in [0.2, 0.25) is 11.8 Å². The Morgan fingerprint density at radius 1 is 1.38 bits per heavy atom. The number of carbonyl (C=O) groups is 2. The monoisotopic (exact) mass is 374 g/mol. The lowest BCUT2D eigenvalue weighted by Gasteiger charge is -2.34. The number of hydrogen-bond acceptors (Lipinski definition) is 4. The van der Waals surface area contributed by atoms with Gasteiger partial charge in [0.25, 0.3) is 0 Å². The van der Waals surface area contributed by atoms with Crippen LogP contribution < -0.4 is 5.32 Å². The van der Waals surface area contributed by atoms with E-state index in [1.165, 1.54) is 0 Å². The molecule has 0 aliphatic carbocycles. The molecule has 0 spiro atoms. The number of rotatable bonds is 7. The maximum atomic E-state index is 12.5. The molecule has 3 rings (SSSR count). The number of amides is 2. The van der Waals surface area contributed by atoms with E-state index in [0.717, 1.165) is 17.0 Å². The van der Waals surface area contributed by atoms with Gasteiger partial charge in [0.05, 0.1) is 31.2 Å². The molecule has 1 aliphatic rings. The highest BCUT2D eigenvalue weighted by molar-refractivity contribution is 7.09. The fourth-order valence-corrected chi connectivity index (χ4v) is 3.83. The molecule has 0 fully saturated rings. The average Bonchev–Trinajstić information content (AvgIpc) is 3.29. The molecule has 1 aliphatic heterocycles. The molecule has 1 unspecified atom stereocenters. The van der Waals surface area contributed by atoms with E-state index >= 15 is 0 Å². The van der Waals surface area contributed by atoms with Crippen LogP contribution in [0.5, 0.6) is 0 Å². The molecule has 1 N–H and O–H groups in total. The second-order valence-electron chi connectivity index (χ2n) is 7.19. The van der Waals surface area contributed by atoms with Gasteiger partial charge < -0.3 is 10.2 Å². The lowest BCUT2D eigenvalue weighted by Crippen LogP contribution is -2.42. The number of aromatic nitrogens is 2. The number of hydrogen-bond donors (Lipinski definition) is 1. The molecule has 2 amide bonds. The summed E-state index contributed by atoms with van der Waals surface area (Å²) in [5.41, 5.74) is 0.991. The largest absolute Gasteiger partial charge is 0.351 e. The van der Waals surface area contributed by atoms with Gasteiger partial charge in [-0.25, -0.2) is 0 Å². The Labute approximate surface area is 158 Å². The molecule has 26 heavy (non-hydrogen) atoms. The molecule has 0 radical (unpaired) electrons. The van der Waals surface area contributed by atoms with Crippen LogP contribution in [-0.2, 0) is 22.7 Å². The van der Waals surface area contributed by atoms with Gasteiger partial charge in [-0.05, 0) is 29.9 Å². The van der Waals surface area contributed by atoms with Crippen LogP contribution in [0.4, 0.5) is 0 Å². The quantitative estimate of drug-likeness (QED) is 0.810. The van der Waals surface area contributed by atoms with Crippen LogP contribution in [0.15, 0.2) is 29.8 Å². The minimum absolute atomic E-state index is 0.0127. The summed E-state index contributed by atoms with van der Waals surface area (Å²) >= 11 is 1.63. The molecule has 2 aromatic heterocycles. The zero-order valence-corrected chi connectivity index (χ0v) is 16.2. The smallest absolute Gasteiger partial charge is 0.223 e. The Morgan fingerprint density at radius 3 is 2.96 bits per heavy atom. The van der Waals surface area contributed by atoms with Gasteiger partial charge in [0, 0.05) is 24.0 Å². The van der Waals surface area contributed by atoms with Gasteiger partial charge in [-0.2, -0.15) is 5.10 Å². The van der Waals surface area contributed by atoms with Crippen LogP contribution in [0.3, 0.4) is 0 Å². The Kier molecular flexibility index (Phi) is 6.08. The van der Waals surface area contributed by atoms with Crippen molar-refractivity contribution in [2.45, 2.75) is 52.2 Å². The first-order valence-corrected chi connectivity index (χ1v) is 10.00. The van der Waals surface area contributed by atoms with Crippen molar-refractivity contribution in [3.63, 3.8) is 0 Å². The van der Waals surface area contributed by atoms with Crippen molar-refractivity contribution < 1.29 is 9.59 Å². The molecule has 6 nitrogen and oxygen atoms in total. The number of thiophene rings is 1. The minimum atomic E-state index is -0.111. The topological polar surface area (TPSA) is 67.2 Å². The maximum absolute atomic E-state index is 12.5. The van der Waals surface area contributed by atoms with Crippen LogP contribution in [0, 0.1) is 5.92 Å². The Morgan fingerprint density at radius 2 is 2.23 bits per heavy atom. The van der Waals surface area contributed by atoms with Crippen LogP contribution >= 0.6 is 11.3 Å². The van der Waals surface area contributed by atoms with Gasteiger partial charge in [0.15, 0.2) is 0 Å². The summed E-state index contributed by atoms with van der Waals surface area (Å²) < 4.78 is 1.90. The first-order valence-electron chi connectivity index (χ1n) is 9.12. The van der Waals surface area contributed by atoms with Crippen LogP contribution in [0.25, 0.3) is 0 Å². The molecule has 0 saturated carbocycles.